The van der Waals surface area contributed by atoms with Gasteiger partial charge < -0.3 is 10.8 Å². The standard InChI is InChI=1S/C9H9F4NO/c10-6-2-4(9(12)13)1-5(8(6)11)7(14)3-15/h1-2,7,9,15H,3,14H2. The van der Waals surface area contributed by atoms with Crippen molar-refractivity contribution in [1.29, 1.82) is 0 Å². The molecule has 0 aliphatic rings. The normalized spacial score (nSPS) is 13.3. The molecule has 1 atom stereocenters. The summed E-state index contributed by atoms with van der Waals surface area (Å²) in [7, 11) is 0. The molecule has 1 aromatic rings. The zero-order chi connectivity index (χ0) is 11.6. The van der Waals surface area contributed by atoms with Crippen LogP contribution in [0.4, 0.5) is 17.6 Å². The van der Waals surface area contributed by atoms with E-state index in [-0.39, 0.29) is 0 Å². The lowest BCUT2D eigenvalue weighted by Gasteiger charge is -2.12. The first-order chi connectivity index (χ1) is 6.97. The van der Waals surface area contributed by atoms with Crippen molar-refractivity contribution >= 4 is 0 Å². The van der Waals surface area contributed by atoms with Gasteiger partial charge in [-0.25, -0.2) is 17.6 Å². The lowest BCUT2D eigenvalue weighted by atomic mass is 10.0. The lowest BCUT2D eigenvalue weighted by Crippen LogP contribution is -2.17. The monoisotopic (exact) mass is 223 g/mol. The van der Waals surface area contributed by atoms with E-state index in [0.717, 1.165) is 6.07 Å². The minimum absolute atomic E-state index is 0.410. The molecule has 0 amide bonds. The van der Waals surface area contributed by atoms with Gasteiger partial charge in [0.15, 0.2) is 11.6 Å². The third-order valence-electron chi connectivity index (χ3n) is 1.93. The van der Waals surface area contributed by atoms with Crippen LogP contribution in [0.3, 0.4) is 0 Å². The Morgan fingerprint density at radius 3 is 2.33 bits per heavy atom. The van der Waals surface area contributed by atoms with E-state index in [4.69, 9.17) is 10.8 Å². The van der Waals surface area contributed by atoms with Crippen LogP contribution in [0, 0.1) is 11.6 Å². The van der Waals surface area contributed by atoms with Gasteiger partial charge in [-0.05, 0) is 12.1 Å². The largest absolute Gasteiger partial charge is 0.394 e. The Morgan fingerprint density at radius 1 is 1.27 bits per heavy atom. The first kappa shape index (κ1) is 11.9. The fourth-order valence-corrected chi connectivity index (χ4v) is 1.13. The summed E-state index contributed by atoms with van der Waals surface area (Å²) < 4.78 is 50.4. The van der Waals surface area contributed by atoms with Crippen LogP contribution in [0.25, 0.3) is 0 Å². The van der Waals surface area contributed by atoms with Crippen molar-refractivity contribution in [3.05, 3.63) is 34.9 Å². The zero-order valence-electron chi connectivity index (χ0n) is 7.55. The number of nitrogens with two attached hydrogens (primary N) is 1. The minimum atomic E-state index is -2.91. The predicted molar refractivity (Wildman–Crippen MR) is 45.3 cm³/mol. The van der Waals surface area contributed by atoms with Crippen LogP contribution < -0.4 is 5.73 Å². The maximum absolute atomic E-state index is 13.1. The molecule has 0 aliphatic carbocycles. The Hall–Kier alpha value is -1.14. The Balaban J connectivity index is 3.25. The number of aliphatic hydroxyl groups excluding tert-OH is 1. The molecule has 84 valence electrons. The van der Waals surface area contributed by atoms with Gasteiger partial charge in [0.1, 0.15) is 0 Å². The molecule has 0 saturated carbocycles. The minimum Gasteiger partial charge on any atom is -0.394 e. The van der Waals surface area contributed by atoms with Gasteiger partial charge in [-0.15, -0.1) is 0 Å². The number of hydrogen-bond acceptors (Lipinski definition) is 2. The third-order valence-corrected chi connectivity index (χ3v) is 1.93. The number of benzene rings is 1. The zero-order valence-corrected chi connectivity index (χ0v) is 7.55. The summed E-state index contributed by atoms with van der Waals surface area (Å²) in [5, 5.41) is 8.63. The van der Waals surface area contributed by atoms with E-state index in [0.29, 0.717) is 6.07 Å². The van der Waals surface area contributed by atoms with Crippen molar-refractivity contribution in [2.24, 2.45) is 5.73 Å². The van der Waals surface area contributed by atoms with Crippen molar-refractivity contribution in [2.75, 3.05) is 6.61 Å². The Morgan fingerprint density at radius 2 is 1.87 bits per heavy atom. The summed E-state index contributed by atoms with van der Waals surface area (Å²) in [6, 6.07) is -0.0458. The topological polar surface area (TPSA) is 46.2 Å². The van der Waals surface area contributed by atoms with Gasteiger partial charge in [0.25, 0.3) is 6.43 Å². The maximum Gasteiger partial charge on any atom is 0.263 e. The maximum atomic E-state index is 13.1. The van der Waals surface area contributed by atoms with Crippen molar-refractivity contribution < 1.29 is 22.7 Å². The van der Waals surface area contributed by atoms with Crippen molar-refractivity contribution in [3.63, 3.8) is 0 Å². The number of hydrogen-bond donors (Lipinski definition) is 2. The van der Waals surface area contributed by atoms with Gasteiger partial charge in [0.2, 0.25) is 0 Å². The molecule has 0 radical (unpaired) electrons. The summed E-state index contributed by atoms with van der Waals surface area (Å²) >= 11 is 0. The van der Waals surface area contributed by atoms with E-state index in [2.05, 4.69) is 0 Å². The van der Waals surface area contributed by atoms with Crippen LogP contribution in [0.15, 0.2) is 12.1 Å². The summed E-state index contributed by atoms with van der Waals surface area (Å²) in [5.41, 5.74) is 4.12. The highest BCUT2D eigenvalue weighted by Crippen LogP contribution is 2.26. The van der Waals surface area contributed by atoms with Crippen LogP contribution in [0.2, 0.25) is 0 Å². The molecule has 1 unspecified atom stereocenters. The van der Waals surface area contributed by atoms with Crippen LogP contribution >= 0.6 is 0 Å². The van der Waals surface area contributed by atoms with Crippen LogP contribution in [0.1, 0.15) is 23.6 Å². The highest BCUT2D eigenvalue weighted by molar-refractivity contribution is 5.29. The molecule has 0 fully saturated rings. The highest BCUT2D eigenvalue weighted by Gasteiger charge is 2.19. The molecule has 0 aromatic heterocycles. The van der Waals surface area contributed by atoms with E-state index in [1.165, 1.54) is 0 Å². The summed E-state index contributed by atoms with van der Waals surface area (Å²) in [6.07, 6.45) is -2.91. The SMILES string of the molecule is NC(CO)c1cc(C(F)F)cc(F)c1F. The highest BCUT2D eigenvalue weighted by atomic mass is 19.3. The number of aliphatic hydroxyl groups is 1. The first-order valence-electron chi connectivity index (χ1n) is 4.10. The molecule has 1 aromatic carbocycles. The van der Waals surface area contributed by atoms with Gasteiger partial charge in [0.05, 0.1) is 12.6 Å². The molecule has 0 bridgehead atoms. The van der Waals surface area contributed by atoms with Gasteiger partial charge in [-0.1, -0.05) is 0 Å². The Kier molecular flexibility index (Phi) is 3.65. The van der Waals surface area contributed by atoms with Crippen LogP contribution in [-0.4, -0.2) is 11.7 Å². The number of halogens is 4. The van der Waals surface area contributed by atoms with Crippen molar-refractivity contribution in [1.82, 2.24) is 0 Å². The molecule has 0 aliphatic heterocycles. The van der Waals surface area contributed by atoms with Gasteiger partial charge >= 0.3 is 0 Å². The molecular weight excluding hydrogens is 214 g/mol. The second-order valence-corrected chi connectivity index (χ2v) is 3.00. The average Bonchev–Trinajstić information content (AvgIpc) is 2.20. The lowest BCUT2D eigenvalue weighted by molar-refractivity contribution is 0.150. The van der Waals surface area contributed by atoms with E-state index >= 15 is 0 Å². The van der Waals surface area contributed by atoms with Gasteiger partial charge in [0, 0.05) is 11.1 Å². The third kappa shape index (κ3) is 2.45. The quantitative estimate of drug-likeness (QED) is 0.768. The molecule has 15 heavy (non-hydrogen) atoms. The molecular formula is C9H9F4NO. The fourth-order valence-electron chi connectivity index (χ4n) is 1.13. The molecule has 3 N–H and O–H groups in total. The smallest absolute Gasteiger partial charge is 0.263 e. The second-order valence-electron chi connectivity index (χ2n) is 3.00. The van der Waals surface area contributed by atoms with Gasteiger partial charge in [-0.3, -0.25) is 0 Å². The average molecular weight is 223 g/mol. The predicted octanol–water partition coefficient (Wildman–Crippen LogP) is 1.89. The van der Waals surface area contributed by atoms with E-state index in [1.54, 1.807) is 0 Å². The van der Waals surface area contributed by atoms with Crippen molar-refractivity contribution in [3.8, 4) is 0 Å². The first-order valence-corrected chi connectivity index (χ1v) is 4.10. The molecule has 0 heterocycles. The number of alkyl halides is 2. The summed E-state index contributed by atoms with van der Waals surface area (Å²) in [5.74, 6) is -2.70. The molecule has 0 saturated heterocycles. The van der Waals surface area contributed by atoms with Crippen LogP contribution in [0.5, 0.6) is 0 Å². The summed E-state index contributed by atoms with van der Waals surface area (Å²) in [6.45, 7) is -0.650. The molecule has 6 heteroatoms. The summed E-state index contributed by atoms with van der Waals surface area (Å²) in [4.78, 5) is 0. The molecule has 0 spiro atoms. The van der Waals surface area contributed by atoms with Crippen molar-refractivity contribution in [2.45, 2.75) is 12.5 Å². The van der Waals surface area contributed by atoms with Crippen LogP contribution in [-0.2, 0) is 0 Å². The molecule has 1 rings (SSSR count). The Labute approximate surface area is 83.3 Å². The van der Waals surface area contributed by atoms with E-state index < -0.39 is 41.8 Å². The fraction of sp³-hybridized carbons (Fsp3) is 0.333. The van der Waals surface area contributed by atoms with Gasteiger partial charge in [-0.2, -0.15) is 0 Å². The Bertz CT molecular complexity index is 356. The number of rotatable bonds is 3. The second kappa shape index (κ2) is 4.59. The van der Waals surface area contributed by atoms with E-state index in [9.17, 15) is 17.6 Å². The van der Waals surface area contributed by atoms with E-state index in [1.807, 2.05) is 0 Å². The molecule has 2 nitrogen and oxygen atoms in total.